The molecule has 2 atom stereocenters. The first-order chi connectivity index (χ1) is 15.7. The van der Waals surface area contributed by atoms with E-state index in [0.29, 0.717) is 0 Å². The van der Waals surface area contributed by atoms with Crippen molar-refractivity contribution in [2.75, 3.05) is 23.3 Å². The standard InChI is InChI=1S/C28H30N2O2/c31-28(32)26-18-25(26)21-11-13-24(14-12-21)29-19-23-9-4-8-22-10-5-16-30(27(22)23)17-15-20-6-2-1-3-7-20/h1-4,6-9,11-14,25-26,29H,5,10,15-19H2,(H,31,32)/t25-,26+/m0/s1. The zero-order chi connectivity index (χ0) is 21.9. The first-order valence-electron chi connectivity index (χ1n) is 11.7. The van der Waals surface area contributed by atoms with Gasteiger partial charge in [0.25, 0.3) is 0 Å². The Morgan fingerprint density at radius 2 is 1.81 bits per heavy atom. The summed E-state index contributed by atoms with van der Waals surface area (Å²) in [7, 11) is 0. The number of anilines is 2. The smallest absolute Gasteiger partial charge is 0.307 e. The Morgan fingerprint density at radius 1 is 1.00 bits per heavy atom. The zero-order valence-corrected chi connectivity index (χ0v) is 18.3. The molecule has 0 amide bonds. The summed E-state index contributed by atoms with van der Waals surface area (Å²) in [5, 5.41) is 12.7. The van der Waals surface area contributed by atoms with Gasteiger partial charge in [-0.2, -0.15) is 0 Å². The first-order valence-corrected chi connectivity index (χ1v) is 11.7. The van der Waals surface area contributed by atoms with Crippen molar-refractivity contribution < 1.29 is 9.90 Å². The van der Waals surface area contributed by atoms with E-state index in [0.717, 1.165) is 50.1 Å². The highest BCUT2D eigenvalue weighted by atomic mass is 16.4. The molecule has 4 heteroatoms. The number of aryl methyl sites for hydroxylation is 1. The van der Waals surface area contributed by atoms with E-state index in [1.54, 1.807) is 0 Å². The molecule has 2 aliphatic rings. The molecule has 1 saturated carbocycles. The van der Waals surface area contributed by atoms with E-state index in [2.05, 4.69) is 83.0 Å². The van der Waals surface area contributed by atoms with Crippen LogP contribution in [0.1, 0.15) is 41.0 Å². The van der Waals surface area contributed by atoms with Crippen molar-refractivity contribution in [2.24, 2.45) is 5.92 Å². The minimum absolute atomic E-state index is 0.181. The minimum Gasteiger partial charge on any atom is -0.481 e. The van der Waals surface area contributed by atoms with Gasteiger partial charge in [0.1, 0.15) is 0 Å². The minimum atomic E-state index is -0.678. The number of nitrogens with zero attached hydrogens (tertiary/aromatic N) is 1. The normalized spacial score (nSPS) is 19.3. The van der Waals surface area contributed by atoms with Gasteiger partial charge in [-0.25, -0.2) is 0 Å². The van der Waals surface area contributed by atoms with Crippen LogP contribution in [0.4, 0.5) is 11.4 Å². The first kappa shape index (κ1) is 20.6. The molecule has 0 saturated heterocycles. The Bertz CT molecular complexity index is 1080. The maximum atomic E-state index is 11.1. The molecule has 164 valence electrons. The Hall–Kier alpha value is -3.27. The molecule has 1 fully saturated rings. The average Bonchev–Trinajstić information content (AvgIpc) is 3.64. The number of benzene rings is 3. The lowest BCUT2D eigenvalue weighted by molar-refractivity contribution is -0.138. The molecule has 3 aromatic carbocycles. The fourth-order valence-corrected chi connectivity index (χ4v) is 4.98. The van der Waals surface area contributed by atoms with Gasteiger partial charge in [-0.05, 0) is 66.0 Å². The van der Waals surface area contributed by atoms with Gasteiger partial charge >= 0.3 is 5.97 Å². The summed E-state index contributed by atoms with van der Waals surface area (Å²) in [6.45, 7) is 2.93. The van der Waals surface area contributed by atoms with E-state index in [4.69, 9.17) is 5.11 Å². The average molecular weight is 427 g/mol. The van der Waals surface area contributed by atoms with Gasteiger partial charge in [-0.3, -0.25) is 4.79 Å². The Balaban J connectivity index is 1.26. The molecular formula is C28H30N2O2. The van der Waals surface area contributed by atoms with Crippen LogP contribution in [0.15, 0.2) is 72.8 Å². The summed E-state index contributed by atoms with van der Waals surface area (Å²) in [5.41, 5.74) is 7.79. The number of carboxylic acids is 1. The topological polar surface area (TPSA) is 52.6 Å². The SMILES string of the molecule is O=C(O)[C@@H]1C[C@H]1c1ccc(NCc2cccc3c2N(CCc2ccccc2)CCC3)cc1. The summed E-state index contributed by atoms with van der Waals surface area (Å²) < 4.78 is 0. The van der Waals surface area contributed by atoms with Crippen LogP contribution < -0.4 is 10.2 Å². The van der Waals surface area contributed by atoms with Crippen molar-refractivity contribution in [1.29, 1.82) is 0 Å². The number of hydrogen-bond donors (Lipinski definition) is 2. The third-order valence-corrected chi connectivity index (χ3v) is 6.84. The van der Waals surface area contributed by atoms with Crippen LogP contribution in [0.25, 0.3) is 0 Å². The van der Waals surface area contributed by atoms with E-state index >= 15 is 0 Å². The number of carboxylic acid groups (broad SMARTS) is 1. The Kier molecular flexibility index (Phi) is 5.85. The molecule has 1 aliphatic heterocycles. The number of rotatable bonds is 8. The fraction of sp³-hybridized carbons (Fsp3) is 0.321. The number of hydrogen-bond acceptors (Lipinski definition) is 3. The number of nitrogens with one attached hydrogen (secondary N) is 1. The van der Waals surface area contributed by atoms with Crippen LogP contribution >= 0.6 is 0 Å². The third kappa shape index (κ3) is 4.50. The second-order valence-corrected chi connectivity index (χ2v) is 9.01. The molecule has 0 unspecified atom stereocenters. The van der Waals surface area contributed by atoms with Crippen molar-refractivity contribution in [3.8, 4) is 0 Å². The van der Waals surface area contributed by atoms with E-state index in [-0.39, 0.29) is 11.8 Å². The third-order valence-electron chi connectivity index (χ3n) is 6.84. The largest absolute Gasteiger partial charge is 0.481 e. The van der Waals surface area contributed by atoms with Crippen LogP contribution in [0, 0.1) is 5.92 Å². The molecule has 1 heterocycles. The van der Waals surface area contributed by atoms with Gasteiger partial charge in [-0.15, -0.1) is 0 Å². The van der Waals surface area contributed by atoms with Crippen molar-refractivity contribution in [2.45, 2.75) is 38.1 Å². The highest BCUT2D eigenvalue weighted by Crippen LogP contribution is 2.47. The molecule has 0 radical (unpaired) electrons. The molecular weight excluding hydrogens is 396 g/mol. The summed E-state index contributed by atoms with van der Waals surface area (Å²) >= 11 is 0. The maximum absolute atomic E-state index is 11.1. The van der Waals surface area contributed by atoms with Gasteiger partial charge in [0.2, 0.25) is 0 Å². The molecule has 0 spiro atoms. The second kappa shape index (κ2) is 9.07. The van der Waals surface area contributed by atoms with Crippen molar-refractivity contribution in [1.82, 2.24) is 0 Å². The van der Waals surface area contributed by atoms with E-state index in [9.17, 15) is 4.79 Å². The van der Waals surface area contributed by atoms with Crippen LogP contribution in [0.2, 0.25) is 0 Å². The fourth-order valence-electron chi connectivity index (χ4n) is 4.98. The number of aliphatic carboxylic acids is 1. The molecule has 3 aromatic rings. The lowest BCUT2D eigenvalue weighted by Gasteiger charge is -2.33. The monoisotopic (exact) mass is 426 g/mol. The van der Waals surface area contributed by atoms with Crippen LogP contribution in [-0.2, 0) is 24.2 Å². The molecule has 4 nitrogen and oxygen atoms in total. The van der Waals surface area contributed by atoms with Crippen molar-refractivity contribution >= 4 is 17.3 Å². The Labute approximate surface area is 189 Å². The van der Waals surface area contributed by atoms with Gasteiger partial charge < -0.3 is 15.3 Å². The quantitative estimate of drug-likeness (QED) is 0.501. The van der Waals surface area contributed by atoms with Crippen molar-refractivity contribution in [3.05, 3.63) is 95.1 Å². The summed E-state index contributed by atoms with van der Waals surface area (Å²) in [6, 6.07) is 25.7. The number of carbonyl (C=O) groups is 1. The lowest BCUT2D eigenvalue weighted by Crippen LogP contribution is -2.32. The van der Waals surface area contributed by atoms with Crippen molar-refractivity contribution in [3.63, 3.8) is 0 Å². The number of fused-ring (bicyclic) bond motifs is 1. The van der Waals surface area contributed by atoms with Gasteiger partial charge in [0.05, 0.1) is 5.92 Å². The summed E-state index contributed by atoms with van der Waals surface area (Å²) in [4.78, 5) is 13.7. The predicted octanol–water partition coefficient (Wildman–Crippen LogP) is 5.48. The van der Waals surface area contributed by atoms with E-state index < -0.39 is 5.97 Å². The van der Waals surface area contributed by atoms with E-state index in [1.807, 2.05) is 0 Å². The van der Waals surface area contributed by atoms with Gasteiger partial charge in [0.15, 0.2) is 0 Å². The van der Waals surface area contributed by atoms with Gasteiger partial charge in [0, 0.05) is 31.0 Å². The van der Waals surface area contributed by atoms with Gasteiger partial charge in [-0.1, -0.05) is 60.7 Å². The molecule has 32 heavy (non-hydrogen) atoms. The maximum Gasteiger partial charge on any atom is 0.307 e. The summed E-state index contributed by atoms with van der Waals surface area (Å²) in [5.74, 6) is -0.699. The molecule has 2 N–H and O–H groups in total. The lowest BCUT2D eigenvalue weighted by atomic mass is 9.97. The molecule has 0 bridgehead atoms. The predicted molar refractivity (Wildman–Crippen MR) is 129 cm³/mol. The molecule has 0 aromatic heterocycles. The van der Waals surface area contributed by atoms with E-state index in [1.165, 1.54) is 28.8 Å². The highest BCUT2D eigenvalue weighted by Gasteiger charge is 2.44. The highest BCUT2D eigenvalue weighted by molar-refractivity contribution is 5.75. The van der Waals surface area contributed by atoms with Crippen LogP contribution in [-0.4, -0.2) is 24.2 Å². The van der Waals surface area contributed by atoms with Crippen LogP contribution in [0.3, 0.4) is 0 Å². The summed E-state index contributed by atoms with van der Waals surface area (Å²) in [6.07, 6.45) is 4.17. The molecule has 1 aliphatic carbocycles. The second-order valence-electron chi connectivity index (χ2n) is 9.01. The van der Waals surface area contributed by atoms with Crippen LogP contribution in [0.5, 0.6) is 0 Å². The number of para-hydroxylation sites is 1. The Morgan fingerprint density at radius 3 is 2.56 bits per heavy atom. The zero-order valence-electron chi connectivity index (χ0n) is 18.3. The molecule has 5 rings (SSSR count).